The number of fused-ring (bicyclic) bond motifs is 5. The van der Waals surface area contributed by atoms with Crippen LogP contribution in [0.15, 0.2) is 18.2 Å². The lowest BCUT2D eigenvalue weighted by Gasteiger charge is -2.39. The molecule has 4 heteroatoms. The van der Waals surface area contributed by atoms with Crippen LogP contribution in [0.3, 0.4) is 0 Å². The fourth-order valence-corrected chi connectivity index (χ4v) is 4.19. The Bertz CT molecular complexity index is 749. The molecule has 2 aliphatic rings. The first-order valence-electron chi connectivity index (χ1n) is 7.55. The molecule has 4 nitrogen and oxygen atoms in total. The normalized spacial score (nSPS) is 27.9. The highest BCUT2D eigenvalue weighted by molar-refractivity contribution is 5.89. The molecule has 1 N–H and O–H groups in total. The van der Waals surface area contributed by atoms with Gasteiger partial charge < -0.3 is 14.6 Å². The molecule has 0 bridgehead atoms. The van der Waals surface area contributed by atoms with Gasteiger partial charge in [-0.25, -0.2) is 0 Å². The van der Waals surface area contributed by atoms with Crippen LogP contribution in [0.4, 0.5) is 0 Å². The van der Waals surface area contributed by atoms with Gasteiger partial charge in [-0.3, -0.25) is 4.79 Å². The fourth-order valence-electron chi connectivity index (χ4n) is 4.19. The zero-order valence-corrected chi connectivity index (χ0v) is 12.7. The van der Waals surface area contributed by atoms with Gasteiger partial charge in [0.1, 0.15) is 5.75 Å². The number of nitrogens with zero attached hydrogens (tertiary/aromatic N) is 1. The minimum atomic E-state index is -0.184. The molecule has 2 atom stereocenters. The average Bonchev–Trinajstić information content (AvgIpc) is 2.95. The lowest BCUT2D eigenvalue weighted by Crippen LogP contribution is -2.46. The maximum atomic E-state index is 12.4. The topological polar surface area (TPSA) is 45.3 Å². The number of H-pyrrole nitrogens is 1. The molecule has 1 fully saturated rings. The summed E-state index contributed by atoms with van der Waals surface area (Å²) in [5.74, 6) is 1.29. The Morgan fingerprint density at radius 3 is 3.00 bits per heavy atom. The number of hydrogen-bond donors (Lipinski definition) is 1. The Hall–Kier alpha value is -1.97. The van der Waals surface area contributed by atoms with Crippen LogP contribution in [-0.2, 0) is 16.8 Å². The van der Waals surface area contributed by atoms with E-state index in [4.69, 9.17) is 4.74 Å². The van der Waals surface area contributed by atoms with Crippen LogP contribution in [0.2, 0.25) is 0 Å². The molecule has 1 aromatic heterocycles. The standard InChI is InChI=1S/C17H20N2O2/c1-10-9-17(2)15-12(6-7-19(17)16(10)20)13-8-11(21-3)4-5-14(13)18-15/h4-5,8,10,18H,6-7,9H2,1-3H3. The second kappa shape index (κ2) is 4.03. The van der Waals surface area contributed by atoms with Crippen LogP contribution >= 0.6 is 0 Å². The van der Waals surface area contributed by atoms with Crippen molar-refractivity contribution in [3.8, 4) is 5.75 Å². The third-order valence-corrected chi connectivity index (χ3v) is 5.22. The third kappa shape index (κ3) is 1.53. The molecule has 3 heterocycles. The molecule has 2 aromatic rings. The van der Waals surface area contributed by atoms with E-state index in [9.17, 15) is 4.79 Å². The molecule has 0 aliphatic carbocycles. The second-order valence-corrected chi connectivity index (χ2v) is 6.51. The first-order valence-corrected chi connectivity index (χ1v) is 7.55. The predicted molar refractivity (Wildman–Crippen MR) is 81.4 cm³/mol. The number of rotatable bonds is 1. The first kappa shape index (κ1) is 12.7. The van der Waals surface area contributed by atoms with Crippen LogP contribution in [0.1, 0.15) is 31.5 Å². The van der Waals surface area contributed by atoms with Crippen molar-refractivity contribution in [1.29, 1.82) is 0 Å². The van der Waals surface area contributed by atoms with Crippen molar-refractivity contribution in [1.82, 2.24) is 9.88 Å². The minimum Gasteiger partial charge on any atom is -0.497 e. The fraction of sp³-hybridized carbons (Fsp3) is 0.471. The number of carbonyl (C=O) groups is 1. The van der Waals surface area contributed by atoms with Crippen LogP contribution in [0.5, 0.6) is 5.75 Å². The number of methoxy groups -OCH3 is 1. The molecule has 21 heavy (non-hydrogen) atoms. The number of benzene rings is 1. The van der Waals surface area contributed by atoms with Crippen LogP contribution in [0, 0.1) is 5.92 Å². The zero-order chi connectivity index (χ0) is 14.8. The summed E-state index contributed by atoms with van der Waals surface area (Å²) < 4.78 is 5.35. The molecule has 1 saturated heterocycles. The molecule has 0 saturated carbocycles. The van der Waals surface area contributed by atoms with Crippen molar-refractivity contribution in [2.45, 2.75) is 32.2 Å². The van der Waals surface area contributed by atoms with E-state index in [1.165, 1.54) is 16.6 Å². The number of carbonyl (C=O) groups excluding carboxylic acids is 1. The number of hydrogen-bond acceptors (Lipinski definition) is 2. The van der Waals surface area contributed by atoms with Crippen LogP contribution in [-0.4, -0.2) is 29.4 Å². The molecule has 0 spiro atoms. The van der Waals surface area contributed by atoms with Gasteiger partial charge in [0.25, 0.3) is 0 Å². The second-order valence-electron chi connectivity index (χ2n) is 6.51. The Morgan fingerprint density at radius 2 is 2.24 bits per heavy atom. The first-order chi connectivity index (χ1) is 10.0. The van der Waals surface area contributed by atoms with Crippen LogP contribution < -0.4 is 4.74 Å². The summed E-state index contributed by atoms with van der Waals surface area (Å²) in [6, 6.07) is 6.15. The monoisotopic (exact) mass is 284 g/mol. The van der Waals surface area contributed by atoms with E-state index in [0.29, 0.717) is 5.91 Å². The number of ether oxygens (including phenoxy) is 1. The van der Waals surface area contributed by atoms with Crippen molar-refractivity contribution in [3.05, 3.63) is 29.5 Å². The minimum absolute atomic E-state index is 0.113. The van der Waals surface area contributed by atoms with Gasteiger partial charge in [0.2, 0.25) is 5.91 Å². The van der Waals surface area contributed by atoms with Gasteiger partial charge in [-0.2, -0.15) is 0 Å². The SMILES string of the molecule is COc1ccc2[nH]c3c(c2c1)CCN1C(=O)C(C)CC31C. The molecule has 4 rings (SSSR count). The van der Waals surface area contributed by atoms with Crippen molar-refractivity contribution in [2.24, 2.45) is 5.92 Å². The van der Waals surface area contributed by atoms with Crippen LogP contribution in [0.25, 0.3) is 10.9 Å². The number of nitrogens with one attached hydrogen (secondary N) is 1. The van der Waals surface area contributed by atoms with E-state index in [1.54, 1.807) is 7.11 Å². The quantitative estimate of drug-likeness (QED) is 0.875. The van der Waals surface area contributed by atoms with E-state index in [2.05, 4.69) is 28.9 Å². The summed E-state index contributed by atoms with van der Waals surface area (Å²) in [4.78, 5) is 18.0. The highest BCUT2D eigenvalue weighted by atomic mass is 16.5. The van der Waals surface area contributed by atoms with Gasteiger partial charge in [-0.05, 0) is 43.5 Å². The van der Waals surface area contributed by atoms with E-state index >= 15 is 0 Å². The summed E-state index contributed by atoms with van der Waals surface area (Å²) in [5.41, 5.74) is 3.52. The Morgan fingerprint density at radius 1 is 1.43 bits per heavy atom. The predicted octanol–water partition coefficient (Wildman–Crippen LogP) is 2.82. The van der Waals surface area contributed by atoms with Gasteiger partial charge in [0.05, 0.1) is 12.6 Å². The third-order valence-electron chi connectivity index (χ3n) is 5.22. The lowest BCUT2D eigenvalue weighted by atomic mass is 9.85. The van der Waals surface area contributed by atoms with Crippen molar-refractivity contribution in [2.75, 3.05) is 13.7 Å². The molecular formula is C17H20N2O2. The average molecular weight is 284 g/mol. The van der Waals surface area contributed by atoms with Gasteiger partial charge >= 0.3 is 0 Å². The van der Waals surface area contributed by atoms with E-state index in [1.807, 2.05) is 13.0 Å². The number of aromatic nitrogens is 1. The maximum Gasteiger partial charge on any atom is 0.226 e. The van der Waals surface area contributed by atoms with Crippen molar-refractivity contribution >= 4 is 16.8 Å². The Labute approximate surface area is 124 Å². The number of aromatic amines is 1. The highest BCUT2D eigenvalue weighted by Crippen LogP contribution is 2.47. The molecule has 1 aromatic carbocycles. The highest BCUT2D eigenvalue weighted by Gasteiger charge is 2.50. The molecule has 2 aliphatic heterocycles. The van der Waals surface area contributed by atoms with Gasteiger partial charge in [0.15, 0.2) is 0 Å². The van der Waals surface area contributed by atoms with Gasteiger partial charge in [-0.15, -0.1) is 0 Å². The van der Waals surface area contributed by atoms with Gasteiger partial charge in [0, 0.05) is 29.1 Å². The summed E-state index contributed by atoms with van der Waals surface area (Å²) in [5, 5.41) is 1.23. The molecule has 2 unspecified atom stereocenters. The number of amides is 1. The molecule has 0 radical (unpaired) electrons. The Balaban J connectivity index is 1.94. The van der Waals surface area contributed by atoms with E-state index < -0.39 is 0 Å². The van der Waals surface area contributed by atoms with Crippen molar-refractivity contribution in [3.63, 3.8) is 0 Å². The van der Waals surface area contributed by atoms with E-state index in [-0.39, 0.29) is 11.5 Å². The summed E-state index contributed by atoms with van der Waals surface area (Å²) in [6.45, 7) is 5.05. The molecule has 110 valence electrons. The van der Waals surface area contributed by atoms with Crippen molar-refractivity contribution < 1.29 is 9.53 Å². The largest absolute Gasteiger partial charge is 0.497 e. The zero-order valence-electron chi connectivity index (χ0n) is 12.7. The molecule has 1 amide bonds. The lowest BCUT2D eigenvalue weighted by molar-refractivity contribution is -0.133. The summed E-state index contributed by atoms with van der Waals surface area (Å²) in [6.07, 6.45) is 1.80. The summed E-state index contributed by atoms with van der Waals surface area (Å²) >= 11 is 0. The van der Waals surface area contributed by atoms with Gasteiger partial charge in [-0.1, -0.05) is 6.92 Å². The van der Waals surface area contributed by atoms with E-state index in [0.717, 1.165) is 30.7 Å². The molecular weight excluding hydrogens is 264 g/mol. The summed E-state index contributed by atoms with van der Waals surface area (Å²) in [7, 11) is 1.70. The maximum absolute atomic E-state index is 12.4. The smallest absolute Gasteiger partial charge is 0.226 e. The Kier molecular flexibility index (Phi) is 2.44.